The van der Waals surface area contributed by atoms with E-state index in [1.54, 1.807) is 24.4 Å². The maximum Gasteiger partial charge on any atom is 0.272 e. The second-order valence-corrected chi connectivity index (χ2v) is 6.85. The molecule has 0 aliphatic carbocycles. The van der Waals surface area contributed by atoms with Gasteiger partial charge in [0, 0.05) is 4.88 Å². The minimum atomic E-state index is -0.395. The van der Waals surface area contributed by atoms with E-state index in [2.05, 4.69) is 15.0 Å². The molecule has 4 rings (SSSR count). The number of rotatable bonds is 4. The van der Waals surface area contributed by atoms with Crippen LogP contribution in [-0.2, 0) is 0 Å². The number of hydrogen-bond acceptors (Lipinski definition) is 5. The third kappa shape index (κ3) is 4.16. The Hall–Kier alpha value is -3.71. The fourth-order valence-corrected chi connectivity index (χ4v) is 3.18. The summed E-state index contributed by atoms with van der Waals surface area (Å²) >= 11 is 1.48. The van der Waals surface area contributed by atoms with Gasteiger partial charge in [-0.1, -0.05) is 24.3 Å². The molecule has 0 saturated carbocycles. The van der Waals surface area contributed by atoms with Gasteiger partial charge in [-0.15, -0.1) is 11.3 Å². The van der Waals surface area contributed by atoms with Crippen molar-refractivity contribution in [3.8, 4) is 11.5 Å². The Labute approximate surface area is 163 Å². The molecule has 7 heteroatoms. The van der Waals surface area contributed by atoms with Crippen LogP contribution in [0.4, 0.5) is 0 Å². The van der Waals surface area contributed by atoms with Gasteiger partial charge < -0.3 is 14.7 Å². The van der Waals surface area contributed by atoms with Crippen molar-refractivity contribution in [2.24, 2.45) is 0 Å². The first-order valence-electron chi connectivity index (χ1n) is 8.46. The normalized spacial score (nSPS) is 12.3. The van der Waals surface area contributed by atoms with Crippen molar-refractivity contribution in [2.45, 2.75) is 0 Å². The minimum absolute atomic E-state index is 0.137. The molecule has 3 aromatic heterocycles. The number of aromatic amines is 2. The highest BCUT2D eigenvalue weighted by molar-refractivity contribution is 7.10. The number of thiophene rings is 1. The maximum atomic E-state index is 12.3. The van der Waals surface area contributed by atoms with Crippen molar-refractivity contribution in [3.63, 3.8) is 0 Å². The topological polar surface area (TPSA) is 87.8 Å². The molecule has 0 saturated heterocycles. The van der Waals surface area contributed by atoms with Crippen molar-refractivity contribution in [1.29, 1.82) is 0 Å². The van der Waals surface area contributed by atoms with Crippen LogP contribution in [0, 0.1) is 0 Å². The van der Waals surface area contributed by atoms with Crippen molar-refractivity contribution < 1.29 is 4.74 Å². The predicted octanol–water partition coefficient (Wildman–Crippen LogP) is 1.97. The van der Waals surface area contributed by atoms with Crippen LogP contribution >= 0.6 is 11.3 Å². The smallest absolute Gasteiger partial charge is 0.272 e. The Bertz CT molecular complexity index is 1310. The van der Waals surface area contributed by atoms with Gasteiger partial charge in [0.15, 0.2) is 0 Å². The average molecular weight is 389 g/mol. The van der Waals surface area contributed by atoms with Crippen LogP contribution in [-0.4, -0.2) is 15.0 Å². The van der Waals surface area contributed by atoms with E-state index in [0.717, 1.165) is 4.88 Å². The summed E-state index contributed by atoms with van der Waals surface area (Å²) in [5.74, 6) is 1.28. The van der Waals surface area contributed by atoms with E-state index in [-0.39, 0.29) is 16.3 Å². The molecule has 4 aromatic rings. The van der Waals surface area contributed by atoms with Crippen LogP contribution in [0.5, 0.6) is 11.5 Å². The third-order valence-corrected chi connectivity index (χ3v) is 4.67. The molecule has 3 heterocycles. The van der Waals surface area contributed by atoms with Gasteiger partial charge in [-0.3, -0.25) is 14.6 Å². The predicted molar refractivity (Wildman–Crippen MR) is 109 cm³/mol. The molecule has 0 aliphatic heterocycles. The lowest BCUT2D eigenvalue weighted by atomic mass is 10.3. The molecule has 0 spiro atoms. The van der Waals surface area contributed by atoms with Crippen molar-refractivity contribution in [1.82, 2.24) is 15.0 Å². The summed E-state index contributed by atoms with van der Waals surface area (Å²) in [5.41, 5.74) is -0.242. The number of nitrogens with zero attached hydrogens (tertiary/aromatic N) is 1. The monoisotopic (exact) mass is 389 g/mol. The Morgan fingerprint density at radius 1 is 0.821 bits per heavy atom. The summed E-state index contributed by atoms with van der Waals surface area (Å²) in [6, 6.07) is 16.6. The molecule has 28 heavy (non-hydrogen) atoms. The van der Waals surface area contributed by atoms with Crippen LogP contribution in [0.3, 0.4) is 0 Å². The van der Waals surface area contributed by atoms with Crippen LogP contribution in [0.15, 0.2) is 75.8 Å². The highest BCUT2D eigenvalue weighted by Gasteiger charge is 2.00. The number of benzene rings is 1. The van der Waals surface area contributed by atoms with E-state index in [0.29, 0.717) is 17.2 Å². The molecule has 6 nitrogen and oxygen atoms in total. The van der Waals surface area contributed by atoms with Gasteiger partial charge in [0.1, 0.15) is 22.2 Å². The van der Waals surface area contributed by atoms with Crippen molar-refractivity contribution in [3.05, 3.63) is 108 Å². The Morgan fingerprint density at radius 2 is 1.57 bits per heavy atom. The molecule has 138 valence electrons. The molecule has 0 atom stereocenters. The Kier molecular flexibility index (Phi) is 4.99. The lowest BCUT2D eigenvalue weighted by Gasteiger charge is -2.04. The first-order chi connectivity index (χ1) is 13.7. The molecule has 0 unspecified atom stereocenters. The van der Waals surface area contributed by atoms with Gasteiger partial charge >= 0.3 is 0 Å². The van der Waals surface area contributed by atoms with Gasteiger partial charge in [-0.25, -0.2) is 0 Å². The summed E-state index contributed by atoms with van der Waals surface area (Å²) in [5, 5.41) is 2.25. The van der Waals surface area contributed by atoms with Gasteiger partial charge in [0.05, 0.1) is 11.9 Å². The standard InChI is InChI=1S/C21H15N3O3S/c25-20-18(23-21(26)19(24-20)12-17-7-4-10-28-17)11-14-8-9-16(13-22-14)27-15-5-2-1-3-6-15/h1-13H,(H,23,26)(H,24,25)/b18-11+,19-12+. The largest absolute Gasteiger partial charge is 0.456 e. The van der Waals surface area contributed by atoms with E-state index in [9.17, 15) is 9.59 Å². The molecule has 0 amide bonds. The van der Waals surface area contributed by atoms with Crippen molar-refractivity contribution in [2.75, 3.05) is 0 Å². The zero-order valence-electron chi connectivity index (χ0n) is 14.6. The Balaban J connectivity index is 1.63. The van der Waals surface area contributed by atoms with Crippen LogP contribution in [0.25, 0.3) is 12.2 Å². The average Bonchev–Trinajstić information content (AvgIpc) is 3.21. The highest BCUT2D eigenvalue weighted by atomic mass is 32.1. The van der Waals surface area contributed by atoms with E-state index in [1.165, 1.54) is 17.4 Å². The number of pyridine rings is 1. The minimum Gasteiger partial charge on any atom is -0.456 e. The molecule has 1 aromatic carbocycles. The fraction of sp³-hybridized carbons (Fsp3) is 0. The summed E-state index contributed by atoms with van der Waals surface area (Å²) in [7, 11) is 0. The molecule has 2 N–H and O–H groups in total. The molecule has 0 radical (unpaired) electrons. The SMILES string of the molecule is O=c1[nH]/c(=C/c2cccs2)c(=O)[nH]/c1=C/c1ccc(Oc2ccccc2)cn1. The van der Waals surface area contributed by atoms with E-state index in [1.807, 2.05) is 47.8 Å². The van der Waals surface area contributed by atoms with E-state index in [4.69, 9.17) is 4.74 Å². The van der Waals surface area contributed by atoms with Crippen molar-refractivity contribution >= 4 is 23.5 Å². The second kappa shape index (κ2) is 7.89. The summed E-state index contributed by atoms with van der Waals surface area (Å²) in [6.07, 6.45) is 4.72. The quantitative estimate of drug-likeness (QED) is 0.559. The number of nitrogens with one attached hydrogen (secondary N) is 2. The number of H-pyrrole nitrogens is 2. The molecular weight excluding hydrogens is 374 g/mol. The van der Waals surface area contributed by atoms with Crippen LogP contribution in [0.2, 0.25) is 0 Å². The zero-order valence-corrected chi connectivity index (χ0v) is 15.4. The molecule has 0 fully saturated rings. The number of para-hydroxylation sites is 1. The molecule has 0 aliphatic rings. The highest BCUT2D eigenvalue weighted by Crippen LogP contribution is 2.19. The zero-order chi connectivity index (χ0) is 19.3. The van der Waals surface area contributed by atoms with Gasteiger partial charge in [-0.05, 0) is 47.9 Å². The summed E-state index contributed by atoms with van der Waals surface area (Å²) in [4.78, 5) is 34.9. The molecule has 0 bridgehead atoms. The van der Waals surface area contributed by atoms with E-state index < -0.39 is 5.56 Å². The second-order valence-electron chi connectivity index (χ2n) is 5.87. The number of hydrogen-bond donors (Lipinski definition) is 2. The van der Waals surface area contributed by atoms with Gasteiger partial charge in [-0.2, -0.15) is 0 Å². The summed E-state index contributed by atoms with van der Waals surface area (Å²) < 4.78 is 5.69. The van der Waals surface area contributed by atoms with Crippen LogP contribution < -0.4 is 26.6 Å². The van der Waals surface area contributed by atoms with Crippen LogP contribution in [0.1, 0.15) is 10.6 Å². The Morgan fingerprint density at radius 3 is 2.21 bits per heavy atom. The van der Waals surface area contributed by atoms with E-state index >= 15 is 0 Å². The lowest BCUT2D eigenvalue weighted by Crippen LogP contribution is -2.46. The summed E-state index contributed by atoms with van der Waals surface area (Å²) in [6.45, 7) is 0. The fourth-order valence-electron chi connectivity index (χ4n) is 2.52. The number of aromatic nitrogens is 3. The first kappa shape index (κ1) is 17.7. The first-order valence-corrected chi connectivity index (χ1v) is 9.34. The van der Waals surface area contributed by atoms with Gasteiger partial charge in [0.2, 0.25) is 0 Å². The maximum absolute atomic E-state index is 12.3. The molecular formula is C21H15N3O3S. The number of ether oxygens (including phenoxy) is 1. The third-order valence-electron chi connectivity index (χ3n) is 3.85. The lowest BCUT2D eigenvalue weighted by molar-refractivity contribution is 0.480. The van der Waals surface area contributed by atoms with Gasteiger partial charge in [0.25, 0.3) is 11.1 Å².